The highest BCUT2D eigenvalue weighted by Crippen LogP contribution is 2.28. The number of ether oxygens (including phenoxy) is 2. The van der Waals surface area contributed by atoms with Crippen molar-refractivity contribution in [2.45, 2.75) is 97.3 Å². The van der Waals surface area contributed by atoms with E-state index < -0.39 is 6.09 Å². The number of carbonyl (C=O) groups is 1. The van der Waals surface area contributed by atoms with Crippen molar-refractivity contribution >= 4 is 23.4 Å². The molecule has 0 radical (unpaired) electrons. The van der Waals surface area contributed by atoms with Crippen LogP contribution in [0.3, 0.4) is 0 Å². The van der Waals surface area contributed by atoms with E-state index in [1.807, 2.05) is 49.4 Å². The Morgan fingerprint density at radius 2 is 1.43 bits per heavy atom. The molecule has 0 heterocycles. The van der Waals surface area contributed by atoms with Crippen molar-refractivity contribution in [3.8, 4) is 5.75 Å². The number of amides is 1. The lowest BCUT2D eigenvalue weighted by Crippen LogP contribution is -2.17. The molecule has 0 aliphatic carbocycles. The molecule has 0 bridgehead atoms. The van der Waals surface area contributed by atoms with Crippen molar-refractivity contribution < 1.29 is 14.3 Å². The van der Waals surface area contributed by atoms with E-state index in [4.69, 9.17) is 21.1 Å². The Labute approximate surface area is 217 Å². The average molecular weight is 502 g/mol. The quantitative estimate of drug-likeness (QED) is 0.207. The van der Waals surface area contributed by atoms with E-state index in [-0.39, 0.29) is 6.61 Å². The summed E-state index contributed by atoms with van der Waals surface area (Å²) in [5, 5.41) is 3.47. The number of nitrogens with one attached hydrogen (secondary N) is 1. The Morgan fingerprint density at radius 1 is 0.829 bits per heavy atom. The lowest BCUT2D eigenvalue weighted by Gasteiger charge is -2.14. The molecule has 4 nitrogen and oxygen atoms in total. The van der Waals surface area contributed by atoms with Gasteiger partial charge in [-0.2, -0.15) is 0 Å². The summed E-state index contributed by atoms with van der Waals surface area (Å²) in [7, 11) is 0. The van der Waals surface area contributed by atoms with Crippen molar-refractivity contribution in [3.63, 3.8) is 0 Å². The van der Waals surface area contributed by atoms with E-state index in [0.717, 1.165) is 34.7 Å². The van der Waals surface area contributed by atoms with Gasteiger partial charge in [0.15, 0.2) is 0 Å². The molecule has 35 heavy (non-hydrogen) atoms. The highest BCUT2D eigenvalue weighted by molar-refractivity contribution is 6.31. The van der Waals surface area contributed by atoms with Crippen LogP contribution in [0.4, 0.5) is 10.5 Å². The Balaban J connectivity index is 1.62. The Morgan fingerprint density at radius 3 is 2.06 bits per heavy atom. The number of anilines is 1. The normalized spacial score (nSPS) is 10.8. The zero-order chi connectivity index (χ0) is 25.1. The highest BCUT2D eigenvalue weighted by Gasteiger charge is 2.09. The second-order valence-electron chi connectivity index (χ2n) is 9.32. The lowest BCUT2D eigenvalue weighted by atomic mass is 10.0. The first-order valence-corrected chi connectivity index (χ1v) is 13.9. The molecule has 0 aromatic heterocycles. The number of hydrogen-bond acceptors (Lipinski definition) is 3. The minimum atomic E-state index is -0.483. The summed E-state index contributed by atoms with van der Waals surface area (Å²) in [4.78, 5) is 11.9. The summed E-state index contributed by atoms with van der Waals surface area (Å²) in [6.45, 7) is 4.73. The van der Waals surface area contributed by atoms with Gasteiger partial charge in [-0.15, -0.1) is 0 Å². The van der Waals surface area contributed by atoms with E-state index in [9.17, 15) is 4.79 Å². The molecule has 2 aromatic rings. The van der Waals surface area contributed by atoms with Gasteiger partial charge in [0.1, 0.15) is 19.0 Å². The van der Waals surface area contributed by atoms with Gasteiger partial charge >= 0.3 is 6.09 Å². The van der Waals surface area contributed by atoms with Gasteiger partial charge in [0, 0.05) is 10.7 Å². The van der Waals surface area contributed by atoms with Gasteiger partial charge in [0.05, 0.1) is 0 Å². The molecule has 2 rings (SSSR count). The van der Waals surface area contributed by atoms with Crippen LogP contribution < -0.4 is 10.1 Å². The maximum absolute atomic E-state index is 11.9. The summed E-state index contributed by atoms with van der Waals surface area (Å²) in [5.41, 5.74) is 2.82. The van der Waals surface area contributed by atoms with Gasteiger partial charge in [-0.3, -0.25) is 5.32 Å². The number of para-hydroxylation sites is 1. The van der Waals surface area contributed by atoms with Crippen molar-refractivity contribution in [2.24, 2.45) is 0 Å². The van der Waals surface area contributed by atoms with Crippen molar-refractivity contribution in [1.29, 1.82) is 0 Å². The molecular formula is C30H44ClNO3. The monoisotopic (exact) mass is 501 g/mol. The molecule has 0 spiro atoms. The SMILES string of the molecule is CCCCCCCCCCCCCCc1cc(Cl)c(C)cc1OCCOC(=O)Nc1ccccc1. The molecular weight excluding hydrogens is 458 g/mol. The van der Waals surface area contributed by atoms with E-state index in [1.165, 1.54) is 70.6 Å². The Bertz CT molecular complexity index is 841. The van der Waals surface area contributed by atoms with Gasteiger partial charge in [-0.25, -0.2) is 4.79 Å². The highest BCUT2D eigenvalue weighted by atomic mass is 35.5. The zero-order valence-electron chi connectivity index (χ0n) is 21.8. The Hall–Kier alpha value is -2.20. The van der Waals surface area contributed by atoms with Crippen LogP contribution in [0.25, 0.3) is 0 Å². The predicted octanol–water partition coefficient (Wildman–Crippen LogP) is 9.52. The number of benzene rings is 2. The van der Waals surface area contributed by atoms with Crippen LogP contribution in [0.5, 0.6) is 5.75 Å². The van der Waals surface area contributed by atoms with E-state index in [2.05, 4.69) is 12.2 Å². The van der Waals surface area contributed by atoms with E-state index in [0.29, 0.717) is 12.3 Å². The fourth-order valence-corrected chi connectivity index (χ4v) is 4.33. The molecule has 5 heteroatoms. The number of unbranched alkanes of at least 4 members (excludes halogenated alkanes) is 11. The molecule has 1 N–H and O–H groups in total. The number of halogens is 1. The molecule has 0 fully saturated rings. The van der Waals surface area contributed by atoms with Crippen LogP contribution in [0.2, 0.25) is 5.02 Å². The number of carbonyl (C=O) groups excluding carboxylic acids is 1. The topological polar surface area (TPSA) is 47.6 Å². The Kier molecular flexibility index (Phi) is 15.0. The average Bonchev–Trinajstić information content (AvgIpc) is 2.85. The third-order valence-electron chi connectivity index (χ3n) is 6.24. The lowest BCUT2D eigenvalue weighted by molar-refractivity contribution is 0.137. The van der Waals surface area contributed by atoms with Crippen LogP contribution in [0, 0.1) is 6.92 Å². The summed E-state index contributed by atoms with van der Waals surface area (Å²) in [5.74, 6) is 0.835. The van der Waals surface area contributed by atoms with Crippen LogP contribution in [-0.4, -0.2) is 19.3 Å². The van der Waals surface area contributed by atoms with Crippen molar-refractivity contribution in [3.05, 3.63) is 58.6 Å². The summed E-state index contributed by atoms with van der Waals surface area (Å²) < 4.78 is 11.2. The van der Waals surface area contributed by atoms with Crippen LogP contribution >= 0.6 is 11.6 Å². The largest absolute Gasteiger partial charge is 0.490 e. The summed E-state index contributed by atoms with van der Waals surface area (Å²) in [6.07, 6.45) is 16.5. The minimum absolute atomic E-state index is 0.179. The van der Waals surface area contributed by atoms with E-state index >= 15 is 0 Å². The standard InChI is InChI=1S/C30H44ClNO3/c1-3-4-5-6-7-8-9-10-11-12-13-15-18-26-24-28(31)25(2)23-29(26)34-21-22-35-30(33)32-27-19-16-14-17-20-27/h14,16-17,19-20,23-24H,3-13,15,18,21-22H2,1-2H3,(H,32,33). The summed E-state index contributed by atoms with van der Waals surface area (Å²) in [6, 6.07) is 13.3. The van der Waals surface area contributed by atoms with Crippen LogP contribution in [-0.2, 0) is 11.2 Å². The van der Waals surface area contributed by atoms with Crippen molar-refractivity contribution in [1.82, 2.24) is 0 Å². The molecule has 1 amide bonds. The minimum Gasteiger partial charge on any atom is -0.490 e. The number of hydrogen-bond donors (Lipinski definition) is 1. The van der Waals surface area contributed by atoms with Gasteiger partial charge in [0.2, 0.25) is 0 Å². The zero-order valence-corrected chi connectivity index (χ0v) is 22.5. The third-order valence-corrected chi connectivity index (χ3v) is 6.64. The third kappa shape index (κ3) is 12.9. The van der Waals surface area contributed by atoms with Crippen LogP contribution in [0.15, 0.2) is 42.5 Å². The molecule has 0 saturated heterocycles. The van der Waals surface area contributed by atoms with Gasteiger partial charge in [0.25, 0.3) is 0 Å². The molecule has 0 aliphatic heterocycles. The van der Waals surface area contributed by atoms with Gasteiger partial charge in [-0.1, -0.05) is 107 Å². The van der Waals surface area contributed by atoms with Gasteiger partial charge < -0.3 is 9.47 Å². The number of aryl methyl sites for hydroxylation is 2. The smallest absolute Gasteiger partial charge is 0.411 e. The van der Waals surface area contributed by atoms with Crippen molar-refractivity contribution in [2.75, 3.05) is 18.5 Å². The molecule has 0 atom stereocenters. The predicted molar refractivity (Wildman–Crippen MR) is 148 cm³/mol. The second-order valence-corrected chi connectivity index (χ2v) is 9.73. The first-order chi connectivity index (χ1) is 17.1. The first-order valence-electron chi connectivity index (χ1n) is 13.5. The maximum Gasteiger partial charge on any atom is 0.411 e. The van der Waals surface area contributed by atoms with Crippen LogP contribution in [0.1, 0.15) is 95.1 Å². The molecule has 0 saturated carbocycles. The van der Waals surface area contributed by atoms with E-state index in [1.54, 1.807) is 0 Å². The van der Waals surface area contributed by atoms with Gasteiger partial charge in [-0.05, 0) is 55.2 Å². The molecule has 194 valence electrons. The fourth-order valence-electron chi connectivity index (χ4n) is 4.14. The second kappa shape index (κ2) is 18.1. The molecule has 2 aromatic carbocycles. The maximum atomic E-state index is 11.9. The summed E-state index contributed by atoms with van der Waals surface area (Å²) >= 11 is 6.38. The molecule has 0 unspecified atom stereocenters. The first kappa shape index (κ1) is 29.0. The number of rotatable bonds is 18. The fraction of sp³-hybridized carbons (Fsp3) is 0.567. The molecule has 0 aliphatic rings.